The third-order valence-electron chi connectivity index (χ3n) is 4.09. The Balaban J connectivity index is 0.00000341. The lowest BCUT2D eigenvalue weighted by molar-refractivity contribution is -0.139. The summed E-state index contributed by atoms with van der Waals surface area (Å²) in [5, 5.41) is 22.6. The summed E-state index contributed by atoms with van der Waals surface area (Å²) in [7, 11) is 0. The van der Waals surface area contributed by atoms with Gasteiger partial charge < -0.3 is 20.1 Å². The number of hydrogen-bond donors (Lipinski definition) is 3. The number of aromatic amines is 1. The lowest BCUT2D eigenvalue weighted by atomic mass is 10.1. The van der Waals surface area contributed by atoms with Gasteiger partial charge >= 0.3 is 12.1 Å². The molecular formula is C18H20ClN7O5. The van der Waals surface area contributed by atoms with Crippen LogP contribution in [-0.2, 0) is 33.9 Å². The Morgan fingerprint density at radius 3 is 2.68 bits per heavy atom. The van der Waals surface area contributed by atoms with Crippen LogP contribution in [0.4, 0.5) is 4.79 Å². The summed E-state index contributed by atoms with van der Waals surface area (Å²) in [5.41, 5.74) is 1.49. The molecular weight excluding hydrogens is 430 g/mol. The Kier molecular flexibility index (Phi) is 8.64. The number of amides is 1. The van der Waals surface area contributed by atoms with Crippen molar-refractivity contribution in [2.24, 2.45) is 0 Å². The first-order valence-corrected chi connectivity index (χ1v) is 8.95. The predicted molar refractivity (Wildman–Crippen MR) is 107 cm³/mol. The minimum absolute atomic E-state index is 0. The molecule has 1 unspecified atom stereocenters. The highest BCUT2D eigenvalue weighted by Crippen LogP contribution is 2.05. The number of carboxylic acids is 1. The Labute approximate surface area is 182 Å². The van der Waals surface area contributed by atoms with E-state index in [0.29, 0.717) is 12.2 Å². The normalized spacial score (nSPS) is 11.2. The number of halogens is 1. The third-order valence-corrected chi connectivity index (χ3v) is 4.09. The number of tetrazole rings is 1. The van der Waals surface area contributed by atoms with Crippen LogP contribution in [0.1, 0.15) is 23.5 Å². The Bertz CT molecular complexity index is 994. The largest absolute Gasteiger partial charge is 0.481 e. The van der Waals surface area contributed by atoms with E-state index in [0.717, 1.165) is 11.3 Å². The van der Waals surface area contributed by atoms with Gasteiger partial charge in [0.05, 0.1) is 19.2 Å². The highest BCUT2D eigenvalue weighted by Gasteiger charge is 2.26. The van der Waals surface area contributed by atoms with E-state index in [4.69, 9.17) is 9.84 Å². The van der Waals surface area contributed by atoms with Gasteiger partial charge in [0.1, 0.15) is 19.2 Å². The first-order valence-electron chi connectivity index (χ1n) is 8.95. The van der Waals surface area contributed by atoms with E-state index >= 15 is 0 Å². The number of hydrogen-bond acceptors (Lipinski definition) is 8. The van der Waals surface area contributed by atoms with E-state index in [-0.39, 0.29) is 25.6 Å². The van der Waals surface area contributed by atoms with E-state index in [1.54, 1.807) is 30.5 Å². The van der Waals surface area contributed by atoms with Gasteiger partial charge in [0.2, 0.25) is 0 Å². The average Bonchev–Trinajstić information content (AvgIpc) is 3.39. The molecule has 2 heterocycles. The summed E-state index contributed by atoms with van der Waals surface area (Å²) < 4.78 is 6.31. The molecule has 0 saturated carbocycles. The van der Waals surface area contributed by atoms with Crippen molar-refractivity contribution < 1.29 is 24.2 Å². The fourth-order valence-corrected chi connectivity index (χ4v) is 2.61. The second kappa shape index (κ2) is 11.4. The number of aliphatic carboxylic acids is 1. The lowest BCUT2D eigenvalue weighted by Crippen LogP contribution is -2.44. The maximum Gasteiger partial charge on any atom is 0.408 e. The molecule has 0 saturated heterocycles. The predicted octanol–water partition coefficient (Wildman–Crippen LogP) is 0.748. The quantitative estimate of drug-likeness (QED) is 0.404. The molecule has 0 aliphatic carbocycles. The average molecular weight is 450 g/mol. The zero-order valence-corrected chi connectivity index (χ0v) is 17.0. The molecule has 0 bridgehead atoms. The van der Waals surface area contributed by atoms with Crippen molar-refractivity contribution >= 4 is 30.3 Å². The summed E-state index contributed by atoms with van der Waals surface area (Å²) in [6, 6.07) is 7.65. The molecule has 1 atom stereocenters. The van der Waals surface area contributed by atoms with Crippen molar-refractivity contribution in [1.82, 2.24) is 35.5 Å². The van der Waals surface area contributed by atoms with Crippen molar-refractivity contribution in [2.75, 3.05) is 0 Å². The number of H-pyrrole nitrogens is 1. The number of carboxylic acid groups (broad SMARTS) is 1. The molecule has 12 nitrogen and oxygen atoms in total. The standard InChI is InChI=1S/C18H19N7O5.ClH/c26-15(9-25-16(22-23-24-25)6-13-8-19-11-20-13)14(7-17(27)28)21-18(29)30-10-12-4-2-1-3-5-12;/h1-5,8,11,14H,6-7,9-10H2,(H,19,20)(H,21,29)(H,27,28);1H. The highest BCUT2D eigenvalue weighted by molar-refractivity contribution is 5.90. The molecule has 0 spiro atoms. The zero-order valence-electron chi connectivity index (χ0n) is 16.2. The molecule has 0 aliphatic rings. The van der Waals surface area contributed by atoms with Gasteiger partial charge in [-0.3, -0.25) is 9.59 Å². The van der Waals surface area contributed by atoms with Crippen LogP contribution in [0.5, 0.6) is 0 Å². The molecule has 13 heteroatoms. The maximum absolute atomic E-state index is 12.6. The third kappa shape index (κ3) is 7.19. The van der Waals surface area contributed by atoms with Gasteiger partial charge in [0.15, 0.2) is 11.6 Å². The molecule has 31 heavy (non-hydrogen) atoms. The van der Waals surface area contributed by atoms with Gasteiger partial charge in [-0.2, -0.15) is 0 Å². The summed E-state index contributed by atoms with van der Waals surface area (Å²) in [5.74, 6) is -1.44. The minimum Gasteiger partial charge on any atom is -0.481 e. The molecule has 0 aliphatic heterocycles. The molecule has 2 aromatic heterocycles. The smallest absolute Gasteiger partial charge is 0.408 e. The summed E-state index contributed by atoms with van der Waals surface area (Å²) >= 11 is 0. The van der Waals surface area contributed by atoms with Crippen molar-refractivity contribution in [3.63, 3.8) is 0 Å². The first kappa shape index (κ1) is 23.5. The number of nitrogens with one attached hydrogen (secondary N) is 2. The first-order chi connectivity index (χ1) is 14.5. The van der Waals surface area contributed by atoms with Crippen LogP contribution in [0.2, 0.25) is 0 Å². The second-order valence-corrected chi connectivity index (χ2v) is 6.33. The number of carbonyl (C=O) groups excluding carboxylic acids is 2. The van der Waals surface area contributed by atoms with Gasteiger partial charge in [0.25, 0.3) is 0 Å². The summed E-state index contributed by atoms with van der Waals surface area (Å²) in [6.45, 7) is -0.324. The van der Waals surface area contributed by atoms with Crippen LogP contribution in [0, 0.1) is 0 Å². The number of nitrogens with zero attached hydrogens (tertiary/aromatic N) is 5. The van der Waals surface area contributed by atoms with Crippen molar-refractivity contribution in [3.05, 3.63) is 59.9 Å². The number of imidazole rings is 1. The monoisotopic (exact) mass is 449 g/mol. The van der Waals surface area contributed by atoms with E-state index in [1.165, 1.54) is 11.0 Å². The number of carbonyl (C=O) groups is 3. The van der Waals surface area contributed by atoms with Crippen molar-refractivity contribution in [1.29, 1.82) is 0 Å². The van der Waals surface area contributed by atoms with Gasteiger partial charge in [-0.1, -0.05) is 30.3 Å². The van der Waals surface area contributed by atoms with Gasteiger partial charge in [-0.05, 0) is 16.0 Å². The molecule has 1 aromatic carbocycles. The molecule has 3 aromatic rings. The van der Waals surface area contributed by atoms with Gasteiger partial charge in [-0.15, -0.1) is 17.5 Å². The van der Waals surface area contributed by atoms with Crippen molar-refractivity contribution in [2.45, 2.75) is 32.0 Å². The van der Waals surface area contributed by atoms with E-state index in [2.05, 4.69) is 30.8 Å². The fraction of sp³-hybridized carbons (Fsp3) is 0.278. The Morgan fingerprint density at radius 2 is 2.00 bits per heavy atom. The molecule has 1 amide bonds. The SMILES string of the molecule is Cl.O=C(O)CC(NC(=O)OCc1ccccc1)C(=O)Cn1nnnc1Cc1cnc[nH]1. The number of Topliss-reactive ketones (excluding diaryl/α,β-unsaturated/α-hetero) is 1. The number of benzene rings is 1. The van der Waals surface area contributed by atoms with E-state index in [1.807, 2.05) is 6.07 Å². The topological polar surface area (TPSA) is 165 Å². The summed E-state index contributed by atoms with van der Waals surface area (Å²) in [4.78, 5) is 42.7. The number of rotatable bonds is 10. The number of aromatic nitrogens is 6. The van der Waals surface area contributed by atoms with E-state index in [9.17, 15) is 14.4 Å². The minimum atomic E-state index is -1.30. The zero-order chi connectivity index (χ0) is 21.3. The fourth-order valence-electron chi connectivity index (χ4n) is 2.61. The molecule has 164 valence electrons. The number of alkyl carbamates (subject to hydrolysis) is 1. The van der Waals surface area contributed by atoms with Crippen LogP contribution in [0.25, 0.3) is 0 Å². The van der Waals surface area contributed by atoms with Crippen LogP contribution in [0.3, 0.4) is 0 Å². The Hall–Kier alpha value is -3.80. The second-order valence-electron chi connectivity index (χ2n) is 6.33. The maximum atomic E-state index is 12.6. The molecule has 0 fully saturated rings. The highest BCUT2D eigenvalue weighted by atomic mass is 35.5. The number of ketones is 1. The van der Waals surface area contributed by atoms with Crippen molar-refractivity contribution in [3.8, 4) is 0 Å². The van der Waals surface area contributed by atoms with Crippen LogP contribution in [-0.4, -0.2) is 59.2 Å². The molecule has 0 radical (unpaired) electrons. The summed E-state index contributed by atoms with van der Waals surface area (Å²) in [6.07, 6.45) is 1.90. The van der Waals surface area contributed by atoms with Gasteiger partial charge in [-0.25, -0.2) is 14.5 Å². The van der Waals surface area contributed by atoms with Crippen LogP contribution in [0.15, 0.2) is 42.9 Å². The van der Waals surface area contributed by atoms with Crippen LogP contribution < -0.4 is 5.32 Å². The van der Waals surface area contributed by atoms with Crippen LogP contribution >= 0.6 is 12.4 Å². The lowest BCUT2D eigenvalue weighted by Gasteiger charge is -2.16. The Morgan fingerprint density at radius 1 is 1.23 bits per heavy atom. The van der Waals surface area contributed by atoms with Gasteiger partial charge in [0, 0.05) is 11.9 Å². The van der Waals surface area contributed by atoms with E-state index < -0.39 is 30.3 Å². The molecule has 3 N–H and O–H groups in total. The number of ether oxygens (including phenoxy) is 1. The molecule has 3 rings (SSSR count).